The molecule has 86 valence electrons. The van der Waals surface area contributed by atoms with Gasteiger partial charge in [-0.3, -0.25) is 0 Å². The lowest BCUT2D eigenvalue weighted by molar-refractivity contribution is 0.0697. The van der Waals surface area contributed by atoms with Crippen molar-refractivity contribution in [2.75, 3.05) is 6.61 Å². The highest BCUT2D eigenvalue weighted by Crippen LogP contribution is 2.33. The first-order valence-corrected chi connectivity index (χ1v) is 5.63. The van der Waals surface area contributed by atoms with Crippen molar-refractivity contribution in [3.8, 4) is 5.75 Å². The Hall–Kier alpha value is -1.51. The lowest BCUT2D eigenvalue weighted by Crippen LogP contribution is -2.28. The van der Waals surface area contributed by atoms with E-state index in [9.17, 15) is 4.79 Å². The van der Waals surface area contributed by atoms with Gasteiger partial charge in [0.1, 0.15) is 5.75 Å². The summed E-state index contributed by atoms with van der Waals surface area (Å²) in [6.45, 7) is 2.98. The Morgan fingerprint density at radius 3 is 2.50 bits per heavy atom. The zero-order valence-corrected chi connectivity index (χ0v) is 9.35. The van der Waals surface area contributed by atoms with Crippen molar-refractivity contribution < 1.29 is 14.6 Å². The van der Waals surface area contributed by atoms with E-state index in [4.69, 9.17) is 9.84 Å². The summed E-state index contributed by atoms with van der Waals surface area (Å²) in [5, 5.41) is 8.73. The number of carbonyl (C=O) groups is 1. The molecule has 0 unspecified atom stereocenters. The summed E-state index contributed by atoms with van der Waals surface area (Å²) in [6, 6.07) is 6.57. The fourth-order valence-electron chi connectivity index (χ4n) is 1.88. The van der Waals surface area contributed by atoms with Crippen molar-refractivity contribution in [1.29, 1.82) is 0 Å². The van der Waals surface area contributed by atoms with Crippen LogP contribution in [0.25, 0.3) is 0 Å². The predicted molar refractivity (Wildman–Crippen MR) is 60.8 cm³/mol. The summed E-state index contributed by atoms with van der Waals surface area (Å²) in [5.41, 5.74) is 0.296. The minimum Gasteiger partial charge on any atom is -0.493 e. The molecule has 1 aromatic carbocycles. The summed E-state index contributed by atoms with van der Waals surface area (Å²) in [5.74, 6) is 1.28. The maximum atomic E-state index is 10.6. The molecule has 3 heteroatoms. The van der Waals surface area contributed by atoms with Crippen LogP contribution in [0.2, 0.25) is 0 Å². The summed E-state index contributed by atoms with van der Waals surface area (Å²) in [4.78, 5) is 10.6. The van der Waals surface area contributed by atoms with Gasteiger partial charge < -0.3 is 9.84 Å². The second-order valence-corrected chi connectivity index (χ2v) is 4.46. The number of benzene rings is 1. The van der Waals surface area contributed by atoms with Gasteiger partial charge in [0, 0.05) is 0 Å². The third-order valence-electron chi connectivity index (χ3n) is 3.36. The van der Waals surface area contributed by atoms with Gasteiger partial charge in [0.15, 0.2) is 0 Å². The minimum atomic E-state index is -0.904. The molecule has 1 N–H and O–H groups in total. The Balaban J connectivity index is 1.87. The first kappa shape index (κ1) is 11.0. The zero-order chi connectivity index (χ0) is 11.5. The van der Waals surface area contributed by atoms with E-state index in [1.54, 1.807) is 24.3 Å². The van der Waals surface area contributed by atoms with E-state index in [2.05, 4.69) is 6.92 Å². The Morgan fingerprint density at radius 1 is 1.38 bits per heavy atom. The quantitative estimate of drug-likeness (QED) is 0.848. The van der Waals surface area contributed by atoms with Gasteiger partial charge in [0.05, 0.1) is 12.2 Å². The zero-order valence-electron chi connectivity index (χ0n) is 9.35. The molecule has 0 radical (unpaired) electrons. The molecular formula is C13H16O3. The molecule has 1 saturated carbocycles. The standard InChI is InChI=1S/C13H16O3/c1-9-2-3-11(9)8-16-12-6-4-10(5-7-12)13(14)15/h4-7,9,11H,2-3,8H2,1H3,(H,14,15)/t9-,11+/m0/s1. The highest BCUT2D eigenvalue weighted by atomic mass is 16.5. The van der Waals surface area contributed by atoms with Crippen LogP contribution in [-0.2, 0) is 0 Å². The van der Waals surface area contributed by atoms with Crippen molar-refractivity contribution in [3.63, 3.8) is 0 Å². The topological polar surface area (TPSA) is 46.5 Å². The van der Waals surface area contributed by atoms with E-state index in [1.807, 2.05) is 0 Å². The maximum Gasteiger partial charge on any atom is 0.335 e. The van der Waals surface area contributed by atoms with Gasteiger partial charge in [-0.15, -0.1) is 0 Å². The predicted octanol–water partition coefficient (Wildman–Crippen LogP) is 2.81. The summed E-state index contributed by atoms with van der Waals surface area (Å²) >= 11 is 0. The molecule has 0 saturated heterocycles. The lowest BCUT2D eigenvalue weighted by atomic mass is 9.75. The van der Waals surface area contributed by atoms with Gasteiger partial charge in [-0.25, -0.2) is 4.79 Å². The molecule has 16 heavy (non-hydrogen) atoms. The molecule has 1 aromatic rings. The molecule has 0 heterocycles. The van der Waals surface area contributed by atoms with Crippen molar-refractivity contribution in [2.45, 2.75) is 19.8 Å². The monoisotopic (exact) mass is 220 g/mol. The first-order chi connectivity index (χ1) is 7.66. The van der Waals surface area contributed by atoms with E-state index >= 15 is 0 Å². The maximum absolute atomic E-state index is 10.6. The van der Waals surface area contributed by atoms with Crippen LogP contribution in [0.4, 0.5) is 0 Å². The minimum absolute atomic E-state index is 0.296. The molecule has 0 spiro atoms. The highest BCUT2D eigenvalue weighted by molar-refractivity contribution is 5.87. The largest absolute Gasteiger partial charge is 0.493 e. The van der Waals surface area contributed by atoms with E-state index in [1.165, 1.54) is 12.8 Å². The molecule has 3 nitrogen and oxygen atoms in total. The number of ether oxygens (including phenoxy) is 1. The van der Waals surface area contributed by atoms with Gasteiger partial charge in [-0.1, -0.05) is 6.92 Å². The van der Waals surface area contributed by atoms with E-state index < -0.39 is 5.97 Å². The number of carboxylic acid groups (broad SMARTS) is 1. The number of rotatable bonds is 4. The fourth-order valence-corrected chi connectivity index (χ4v) is 1.88. The number of hydrogen-bond acceptors (Lipinski definition) is 2. The second-order valence-electron chi connectivity index (χ2n) is 4.46. The normalized spacial score (nSPS) is 23.6. The average Bonchev–Trinajstić information content (AvgIpc) is 2.28. The van der Waals surface area contributed by atoms with Crippen molar-refractivity contribution in [1.82, 2.24) is 0 Å². The van der Waals surface area contributed by atoms with Gasteiger partial charge in [-0.2, -0.15) is 0 Å². The van der Waals surface area contributed by atoms with Gasteiger partial charge >= 0.3 is 5.97 Å². The van der Waals surface area contributed by atoms with Crippen LogP contribution in [0.3, 0.4) is 0 Å². The number of carboxylic acids is 1. The number of aromatic carboxylic acids is 1. The first-order valence-electron chi connectivity index (χ1n) is 5.63. The van der Waals surface area contributed by atoms with Crippen molar-refractivity contribution in [3.05, 3.63) is 29.8 Å². The third-order valence-corrected chi connectivity index (χ3v) is 3.36. The molecule has 0 amide bonds. The van der Waals surface area contributed by atoms with Crippen LogP contribution < -0.4 is 4.74 Å². The molecule has 0 aliphatic heterocycles. The fraction of sp³-hybridized carbons (Fsp3) is 0.462. The lowest BCUT2D eigenvalue weighted by Gasteiger charge is -2.33. The summed E-state index contributed by atoms with van der Waals surface area (Å²) < 4.78 is 5.62. The SMILES string of the molecule is C[C@H]1CC[C@@H]1COc1ccc(C(=O)O)cc1. The summed E-state index contributed by atoms with van der Waals surface area (Å²) in [6.07, 6.45) is 2.54. The molecule has 1 fully saturated rings. The highest BCUT2D eigenvalue weighted by Gasteiger charge is 2.26. The summed E-state index contributed by atoms with van der Waals surface area (Å²) in [7, 11) is 0. The molecule has 0 aromatic heterocycles. The molecule has 1 aliphatic rings. The molecule has 1 aliphatic carbocycles. The van der Waals surface area contributed by atoms with Crippen LogP contribution in [-0.4, -0.2) is 17.7 Å². The van der Waals surface area contributed by atoms with Crippen LogP contribution in [0, 0.1) is 11.8 Å². The Bertz CT molecular complexity index is 369. The van der Waals surface area contributed by atoms with E-state index in [0.29, 0.717) is 11.5 Å². The van der Waals surface area contributed by atoms with E-state index in [0.717, 1.165) is 18.3 Å². The Kier molecular flexibility index (Phi) is 3.13. The van der Waals surface area contributed by atoms with Crippen LogP contribution >= 0.6 is 0 Å². The van der Waals surface area contributed by atoms with E-state index in [-0.39, 0.29) is 0 Å². The molecular weight excluding hydrogens is 204 g/mol. The Morgan fingerprint density at radius 2 is 2.06 bits per heavy atom. The van der Waals surface area contributed by atoms with Gasteiger partial charge in [0.25, 0.3) is 0 Å². The van der Waals surface area contributed by atoms with Gasteiger partial charge in [-0.05, 0) is 48.9 Å². The third kappa shape index (κ3) is 2.35. The second kappa shape index (κ2) is 4.56. The van der Waals surface area contributed by atoms with Crippen LogP contribution in [0.1, 0.15) is 30.1 Å². The van der Waals surface area contributed by atoms with Crippen molar-refractivity contribution >= 4 is 5.97 Å². The number of hydrogen-bond donors (Lipinski definition) is 1. The van der Waals surface area contributed by atoms with Crippen LogP contribution in [0.15, 0.2) is 24.3 Å². The smallest absolute Gasteiger partial charge is 0.335 e. The molecule has 0 bridgehead atoms. The average molecular weight is 220 g/mol. The molecule has 2 rings (SSSR count). The van der Waals surface area contributed by atoms with Crippen LogP contribution in [0.5, 0.6) is 5.75 Å². The van der Waals surface area contributed by atoms with Gasteiger partial charge in [0.2, 0.25) is 0 Å². The van der Waals surface area contributed by atoms with Crippen molar-refractivity contribution in [2.24, 2.45) is 11.8 Å². The Labute approximate surface area is 95.0 Å². The molecule has 2 atom stereocenters.